The van der Waals surface area contributed by atoms with Gasteiger partial charge >= 0.3 is 13.2 Å². The molecule has 0 unspecified atom stereocenters. The van der Waals surface area contributed by atoms with Gasteiger partial charge in [0.05, 0.1) is 25.0 Å². The van der Waals surface area contributed by atoms with Crippen molar-refractivity contribution < 1.29 is 33.9 Å². The van der Waals surface area contributed by atoms with Crippen LogP contribution >= 0.6 is 15.9 Å². The Morgan fingerprint density at radius 3 is 2.63 bits per heavy atom. The summed E-state index contributed by atoms with van der Waals surface area (Å²) in [6.45, 7) is 2.06. The van der Waals surface area contributed by atoms with Gasteiger partial charge in [-0.3, -0.25) is 9.59 Å². The number of phenols is 1. The Morgan fingerprint density at radius 2 is 1.93 bits per heavy atom. The first-order chi connectivity index (χ1) is 19.7. The van der Waals surface area contributed by atoms with Crippen molar-refractivity contribution in [3.8, 4) is 5.75 Å². The zero-order valence-corrected chi connectivity index (χ0v) is 24.7. The standard InChI is InChI=1S/C31H33BBrNO7/c1-3-7-20-16-23-28(30(37)34(29(23)36)31(38)40-2)24-17-32(39)41-26(27(20)24)13-10-19(18-8-5-4-6-9-18)14-21-15-22(33)11-12-25(21)35/h4-6,8-9,11-12,14-15,23-24,26,28,35,39H,3,7,10,13,16-17H2,1-2H3/b19-14-/t23-,24+,26-,28-/m1/s1. The molecular formula is C31H33BBrNO7. The number of hydrogen-bond acceptors (Lipinski definition) is 7. The van der Waals surface area contributed by atoms with E-state index >= 15 is 0 Å². The molecule has 2 saturated heterocycles. The minimum Gasteiger partial charge on any atom is -0.507 e. The van der Waals surface area contributed by atoms with Gasteiger partial charge in [0.1, 0.15) is 5.75 Å². The molecule has 0 bridgehead atoms. The number of aromatic hydroxyl groups is 1. The average Bonchev–Trinajstić information content (AvgIpc) is 3.21. The zero-order chi connectivity index (χ0) is 29.3. The number of allylic oxidation sites excluding steroid dienone is 2. The molecule has 0 radical (unpaired) electrons. The van der Waals surface area contributed by atoms with Crippen LogP contribution in [-0.4, -0.2) is 53.3 Å². The van der Waals surface area contributed by atoms with Gasteiger partial charge in [0.25, 0.3) is 0 Å². The van der Waals surface area contributed by atoms with Gasteiger partial charge in [-0.05, 0) is 78.9 Å². The number of imide groups is 3. The highest BCUT2D eigenvalue weighted by Crippen LogP contribution is 2.51. The van der Waals surface area contributed by atoms with Crippen molar-refractivity contribution in [3.05, 3.63) is 75.3 Å². The van der Waals surface area contributed by atoms with Crippen LogP contribution < -0.4 is 0 Å². The lowest BCUT2D eigenvalue weighted by molar-refractivity contribution is -0.137. The maximum Gasteiger partial charge on any atom is 0.455 e. The van der Waals surface area contributed by atoms with Gasteiger partial charge in [-0.1, -0.05) is 65.2 Å². The first-order valence-electron chi connectivity index (χ1n) is 14.0. The molecule has 2 aromatic rings. The number of likely N-dealkylation sites (tertiary alicyclic amines) is 1. The van der Waals surface area contributed by atoms with E-state index in [4.69, 9.17) is 9.39 Å². The van der Waals surface area contributed by atoms with Crippen LogP contribution in [0.1, 0.15) is 50.2 Å². The van der Waals surface area contributed by atoms with Crippen molar-refractivity contribution in [2.45, 2.75) is 51.5 Å². The third-order valence-corrected chi connectivity index (χ3v) is 8.85. The summed E-state index contributed by atoms with van der Waals surface area (Å²) in [5.41, 5.74) is 4.69. The number of hydrogen-bond donors (Lipinski definition) is 2. The number of ether oxygens (including phenoxy) is 1. The lowest BCUT2D eigenvalue weighted by Gasteiger charge is -2.43. The van der Waals surface area contributed by atoms with E-state index in [1.807, 2.05) is 42.5 Å². The Bertz CT molecular complexity index is 1410. The summed E-state index contributed by atoms with van der Waals surface area (Å²) in [5.74, 6) is -2.72. The minimum atomic E-state index is -1.11. The van der Waals surface area contributed by atoms with Gasteiger partial charge in [0, 0.05) is 10.0 Å². The van der Waals surface area contributed by atoms with Crippen LogP contribution in [0.3, 0.4) is 0 Å². The third-order valence-electron chi connectivity index (χ3n) is 8.36. The predicted octanol–water partition coefficient (Wildman–Crippen LogP) is 5.84. The topological polar surface area (TPSA) is 113 Å². The van der Waals surface area contributed by atoms with E-state index in [2.05, 4.69) is 22.9 Å². The van der Waals surface area contributed by atoms with E-state index in [-0.39, 0.29) is 12.1 Å². The lowest BCUT2D eigenvalue weighted by Crippen LogP contribution is -2.46. The molecule has 10 heteroatoms. The van der Waals surface area contributed by atoms with Crippen LogP contribution in [0.15, 0.2) is 64.1 Å². The molecule has 41 heavy (non-hydrogen) atoms. The number of carbonyl (C=O) groups excluding carboxylic acids is 3. The van der Waals surface area contributed by atoms with Crippen molar-refractivity contribution in [1.29, 1.82) is 0 Å². The van der Waals surface area contributed by atoms with Crippen LogP contribution in [0.5, 0.6) is 5.75 Å². The average molecular weight is 622 g/mol. The molecule has 2 heterocycles. The molecule has 0 spiro atoms. The van der Waals surface area contributed by atoms with Crippen LogP contribution in [-0.2, 0) is 19.0 Å². The Kier molecular flexibility index (Phi) is 8.82. The van der Waals surface area contributed by atoms with E-state index < -0.39 is 48.9 Å². The van der Waals surface area contributed by atoms with Crippen molar-refractivity contribution in [3.63, 3.8) is 0 Å². The molecule has 0 aromatic heterocycles. The largest absolute Gasteiger partial charge is 0.507 e. The molecule has 5 rings (SSSR count). The van der Waals surface area contributed by atoms with Gasteiger partial charge in [-0.2, -0.15) is 4.90 Å². The van der Waals surface area contributed by atoms with Gasteiger partial charge in [-0.25, -0.2) is 4.79 Å². The highest BCUT2D eigenvalue weighted by Gasteiger charge is 2.59. The summed E-state index contributed by atoms with van der Waals surface area (Å²) in [4.78, 5) is 39.6. The van der Waals surface area contributed by atoms with Crippen molar-refractivity contribution in [1.82, 2.24) is 4.90 Å². The van der Waals surface area contributed by atoms with Gasteiger partial charge in [0.15, 0.2) is 0 Å². The second-order valence-corrected chi connectivity index (χ2v) is 11.7. The lowest BCUT2D eigenvalue weighted by atomic mass is 9.58. The van der Waals surface area contributed by atoms with Crippen LogP contribution in [0.4, 0.5) is 4.79 Å². The monoisotopic (exact) mass is 621 g/mol. The fourth-order valence-electron chi connectivity index (χ4n) is 6.64. The van der Waals surface area contributed by atoms with Gasteiger partial charge in [-0.15, -0.1) is 0 Å². The van der Waals surface area contributed by atoms with Crippen molar-refractivity contribution in [2.75, 3.05) is 7.11 Å². The number of rotatable bonds is 7. The number of halogens is 1. The molecule has 214 valence electrons. The number of phenolic OH excluding ortho intramolecular Hbond substituents is 1. The highest BCUT2D eigenvalue weighted by molar-refractivity contribution is 9.10. The summed E-state index contributed by atoms with van der Waals surface area (Å²) in [7, 11) is 0.0422. The third kappa shape index (κ3) is 5.78. The van der Waals surface area contributed by atoms with Crippen LogP contribution in [0.25, 0.3) is 11.6 Å². The van der Waals surface area contributed by atoms with E-state index in [1.165, 1.54) is 0 Å². The maximum atomic E-state index is 13.4. The van der Waals surface area contributed by atoms with Gasteiger partial charge < -0.3 is 19.5 Å². The molecule has 2 aromatic carbocycles. The zero-order valence-electron chi connectivity index (χ0n) is 23.1. The minimum absolute atomic E-state index is 0.164. The number of fused-ring (bicyclic) bond motifs is 3. The fourth-order valence-corrected chi connectivity index (χ4v) is 7.02. The molecule has 2 fully saturated rings. The summed E-state index contributed by atoms with van der Waals surface area (Å²) in [6, 6.07) is 15.2. The summed E-state index contributed by atoms with van der Waals surface area (Å²) in [5, 5.41) is 21.3. The van der Waals surface area contributed by atoms with Crippen LogP contribution in [0.2, 0.25) is 6.32 Å². The first-order valence-corrected chi connectivity index (χ1v) is 14.8. The number of benzene rings is 2. The Labute approximate surface area is 248 Å². The highest BCUT2D eigenvalue weighted by atomic mass is 79.9. The van der Waals surface area contributed by atoms with E-state index in [9.17, 15) is 24.5 Å². The molecule has 2 aliphatic heterocycles. The predicted molar refractivity (Wildman–Crippen MR) is 158 cm³/mol. The quantitative estimate of drug-likeness (QED) is 0.173. The van der Waals surface area contributed by atoms with Crippen molar-refractivity contribution in [2.24, 2.45) is 17.8 Å². The Morgan fingerprint density at radius 1 is 1.17 bits per heavy atom. The molecule has 2 N–H and O–H groups in total. The number of carbonyl (C=O) groups is 3. The molecule has 3 aliphatic rings. The molecule has 0 saturated carbocycles. The summed E-state index contributed by atoms with van der Waals surface area (Å²) in [6.07, 6.45) is 3.75. The summed E-state index contributed by atoms with van der Waals surface area (Å²) < 4.78 is 11.7. The van der Waals surface area contributed by atoms with Gasteiger partial charge in [0.2, 0.25) is 11.8 Å². The van der Waals surface area contributed by atoms with E-state index in [0.29, 0.717) is 29.7 Å². The molecule has 1 aliphatic carbocycles. The van der Waals surface area contributed by atoms with E-state index in [1.54, 1.807) is 12.1 Å². The smallest absolute Gasteiger partial charge is 0.455 e. The first kappa shape index (κ1) is 29.3. The van der Waals surface area contributed by atoms with Crippen molar-refractivity contribution >= 4 is 52.6 Å². The molecule has 8 nitrogen and oxygen atoms in total. The van der Waals surface area contributed by atoms with Crippen LogP contribution in [0, 0.1) is 17.8 Å². The maximum absolute atomic E-state index is 13.4. The number of methoxy groups -OCH3 is 1. The number of nitrogens with zero attached hydrogens (tertiary/aromatic N) is 1. The SMILES string of the molecule is CCCC1=C2[C@@H](CC/C(=C/c3cc(Br)ccc3O)c3ccccc3)OB(O)C[C@@H]2[C@@H]2C(=O)N(C(=O)OC)C(=O)[C@@H]2C1. The molecule has 4 atom stereocenters. The number of amides is 3. The normalized spacial score (nSPS) is 24.4. The second kappa shape index (κ2) is 12.3. The summed E-state index contributed by atoms with van der Waals surface area (Å²) >= 11 is 3.48. The fraction of sp³-hybridized carbons (Fsp3) is 0.387. The second-order valence-electron chi connectivity index (χ2n) is 10.8. The Balaban J connectivity index is 1.49. The van der Waals surface area contributed by atoms with E-state index in [0.717, 1.165) is 46.7 Å². The molecule has 3 amide bonds. The molecular weight excluding hydrogens is 589 g/mol. The Hall–Kier alpha value is -3.21.